The molecule has 4 nitrogen and oxygen atoms in total. The summed E-state index contributed by atoms with van der Waals surface area (Å²) < 4.78 is 11.2. The third-order valence-electron chi connectivity index (χ3n) is 4.89. The van der Waals surface area contributed by atoms with Gasteiger partial charge in [0.25, 0.3) is 5.91 Å². The lowest BCUT2D eigenvalue weighted by Crippen LogP contribution is -2.56. The van der Waals surface area contributed by atoms with E-state index in [1.54, 1.807) is 14.2 Å². The number of ether oxygens (including phenoxy) is 2. The summed E-state index contributed by atoms with van der Waals surface area (Å²) in [6, 6.07) is 10.5. The van der Waals surface area contributed by atoms with Crippen molar-refractivity contribution in [2.45, 2.75) is 37.6 Å². The second kappa shape index (κ2) is 5.82. The highest BCUT2D eigenvalue weighted by atomic mass is 16.7. The Hall–Kier alpha value is -0.940. The number of fused-ring (bicyclic) bond motifs is 2. The summed E-state index contributed by atoms with van der Waals surface area (Å²) in [6.07, 6.45) is 5.39. The lowest BCUT2D eigenvalue weighted by atomic mass is 9.96. The third-order valence-corrected chi connectivity index (χ3v) is 4.89. The van der Waals surface area contributed by atoms with Crippen LogP contribution in [-0.2, 0) is 15.4 Å². The van der Waals surface area contributed by atoms with Gasteiger partial charge in [-0.2, -0.15) is 5.43 Å². The van der Waals surface area contributed by atoms with Crippen LogP contribution in [0.25, 0.3) is 0 Å². The number of hydrogen-bond acceptors (Lipinski definition) is 4. The van der Waals surface area contributed by atoms with E-state index in [9.17, 15) is 0 Å². The standard InChI is InChI=1S/C16H24N2O2/c1-19-16(20-2,14-6-4-3-5-7-14)18-17-15-11-12-8-9-13(15)10-12/h3-7,12-13,15,17-18H,8-11H2,1-2H3. The molecule has 0 amide bonds. The van der Waals surface area contributed by atoms with E-state index in [2.05, 4.69) is 10.9 Å². The van der Waals surface area contributed by atoms with Crippen molar-refractivity contribution in [1.29, 1.82) is 0 Å². The Kier molecular flexibility index (Phi) is 4.08. The fourth-order valence-corrected chi connectivity index (χ4v) is 3.76. The van der Waals surface area contributed by atoms with Gasteiger partial charge in [-0.05, 0) is 31.1 Å². The summed E-state index contributed by atoms with van der Waals surface area (Å²) in [5.41, 5.74) is 7.69. The maximum Gasteiger partial charge on any atom is 0.268 e. The van der Waals surface area contributed by atoms with Crippen LogP contribution in [0.1, 0.15) is 31.2 Å². The smallest absolute Gasteiger partial charge is 0.268 e. The first-order valence-corrected chi connectivity index (χ1v) is 7.46. The molecule has 20 heavy (non-hydrogen) atoms. The van der Waals surface area contributed by atoms with Gasteiger partial charge >= 0.3 is 0 Å². The Bertz CT molecular complexity index is 433. The van der Waals surface area contributed by atoms with Gasteiger partial charge in [0.2, 0.25) is 0 Å². The van der Waals surface area contributed by atoms with E-state index in [1.165, 1.54) is 25.7 Å². The molecule has 0 radical (unpaired) electrons. The number of hydrazine groups is 1. The number of nitrogens with one attached hydrogen (secondary N) is 2. The summed E-state index contributed by atoms with van der Waals surface area (Å²) in [7, 11) is 3.32. The molecule has 3 atom stereocenters. The molecule has 1 aromatic rings. The van der Waals surface area contributed by atoms with Crippen molar-refractivity contribution < 1.29 is 9.47 Å². The van der Waals surface area contributed by atoms with E-state index in [4.69, 9.17) is 9.47 Å². The van der Waals surface area contributed by atoms with Gasteiger partial charge in [-0.1, -0.05) is 36.8 Å². The van der Waals surface area contributed by atoms with Gasteiger partial charge in [-0.3, -0.25) is 0 Å². The van der Waals surface area contributed by atoms with Crippen molar-refractivity contribution in [2.24, 2.45) is 11.8 Å². The molecule has 4 heteroatoms. The molecule has 3 unspecified atom stereocenters. The zero-order valence-electron chi connectivity index (χ0n) is 12.3. The minimum atomic E-state index is -0.927. The topological polar surface area (TPSA) is 42.5 Å². The molecule has 2 fully saturated rings. The minimum Gasteiger partial charge on any atom is -0.336 e. The largest absolute Gasteiger partial charge is 0.336 e. The Morgan fingerprint density at radius 3 is 2.35 bits per heavy atom. The SMILES string of the molecule is COC(NNC1CC2CCC1C2)(OC)c1ccccc1. The molecule has 2 N–H and O–H groups in total. The molecule has 0 heterocycles. The van der Waals surface area contributed by atoms with Crippen molar-refractivity contribution in [3.8, 4) is 0 Å². The first-order valence-electron chi connectivity index (χ1n) is 7.46. The molecule has 110 valence electrons. The van der Waals surface area contributed by atoms with Crippen molar-refractivity contribution in [2.75, 3.05) is 14.2 Å². The van der Waals surface area contributed by atoms with Crippen LogP contribution in [0.4, 0.5) is 0 Å². The number of benzene rings is 1. The molecule has 0 spiro atoms. The van der Waals surface area contributed by atoms with Crippen molar-refractivity contribution >= 4 is 0 Å². The highest BCUT2D eigenvalue weighted by molar-refractivity contribution is 5.19. The fourth-order valence-electron chi connectivity index (χ4n) is 3.76. The molecule has 2 aliphatic carbocycles. The number of rotatable bonds is 6. The van der Waals surface area contributed by atoms with Gasteiger partial charge in [-0.25, -0.2) is 5.43 Å². The molecule has 1 aromatic carbocycles. The zero-order valence-corrected chi connectivity index (χ0v) is 12.3. The Labute approximate surface area is 120 Å². The molecule has 2 aliphatic rings. The van der Waals surface area contributed by atoms with E-state index >= 15 is 0 Å². The monoisotopic (exact) mass is 276 g/mol. The maximum absolute atomic E-state index is 5.62. The molecule has 0 saturated heterocycles. The van der Waals surface area contributed by atoms with Crippen LogP contribution in [0.2, 0.25) is 0 Å². The lowest BCUT2D eigenvalue weighted by molar-refractivity contribution is -0.247. The van der Waals surface area contributed by atoms with Crippen LogP contribution >= 0.6 is 0 Å². The zero-order chi connectivity index (χ0) is 14.0. The number of hydrogen-bond donors (Lipinski definition) is 2. The van der Waals surface area contributed by atoms with Gasteiger partial charge in [0, 0.05) is 25.8 Å². The quantitative estimate of drug-likeness (QED) is 0.618. The van der Waals surface area contributed by atoms with Gasteiger partial charge in [0.15, 0.2) is 0 Å². The molecular formula is C16H24N2O2. The third kappa shape index (κ3) is 2.49. The molecule has 0 aromatic heterocycles. The van der Waals surface area contributed by atoms with Crippen molar-refractivity contribution in [3.63, 3.8) is 0 Å². The Morgan fingerprint density at radius 1 is 1.05 bits per heavy atom. The predicted molar refractivity (Wildman–Crippen MR) is 77.6 cm³/mol. The molecule has 0 aliphatic heterocycles. The molecule has 2 saturated carbocycles. The van der Waals surface area contributed by atoms with Crippen LogP contribution in [0.3, 0.4) is 0 Å². The Balaban J connectivity index is 1.68. The summed E-state index contributed by atoms with van der Waals surface area (Å²) in [4.78, 5) is 0. The van der Waals surface area contributed by atoms with Crippen LogP contribution in [0, 0.1) is 11.8 Å². The van der Waals surface area contributed by atoms with Crippen molar-refractivity contribution in [1.82, 2.24) is 10.9 Å². The van der Waals surface area contributed by atoms with E-state index in [0.29, 0.717) is 6.04 Å². The average Bonchev–Trinajstić information content (AvgIpc) is 3.13. The second-order valence-electron chi connectivity index (χ2n) is 5.94. The van der Waals surface area contributed by atoms with Crippen LogP contribution < -0.4 is 10.9 Å². The summed E-state index contributed by atoms with van der Waals surface area (Å²) in [6.45, 7) is 0. The summed E-state index contributed by atoms with van der Waals surface area (Å²) in [5.74, 6) is 0.786. The molecular weight excluding hydrogens is 252 g/mol. The van der Waals surface area contributed by atoms with Gasteiger partial charge in [0.05, 0.1) is 0 Å². The lowest BCUT2D eigenvalue weighted by Gasteiger charge is -2.35. The van der Waals surface area contributed by atoms with Crippen LogP contribution in [0.15, 0.2) is 30.3 Å². The second-order valence-corrected chi connectivity index (χ2v) is 5.94. The fraction of sp³-hybridized carbons (Fsp3) is 0.625. The van der Waals surface area contributed by atoms with E-state index in [0.717, 1.165) is 17.4 Å². The molecule has 2 bridgehead atoms. The van der Waals surface area contributed by atoms with Gasteiger partial charge in [-0.15, -0.1) is 0 Å². The Morgan fingerprint density at radius 2 is 1.80 bits per heavy atom. The predicted octanol–water partition coefficient (Wildman–Crippen LogP) is 2.37. The first-order chi connectivity index (χ1) is 9.77. The van der Waals surface area contributed by atoms with Crippen molar-refractivity contribution in [3.05, 3.63) is 35.9 Å². The summed E-state index contributed by atoms with van der Waals surface area (Å²) in [5, 5.41) is 0. The van der Waals surface area contributed by atoms with E-state index in [-0.39, 0.29) is 0 Å². The molecule has 3 rings (SSSR count). The van der Waals surface area contributed by atoms with Gasteiger partial charge < -0.3 is 9.47 Å². The van der Waals surface area contributed by atoms with Gasteiger partial charge in [0.1, 0.15) is 0 Å². The van der Waals surface area contributed by atoms with E-state index in [1.807, 2.05) is 30.3 Å². The minimum absolute atomic E-state index is 0.530. The maximum atomic E-state index is 5.62. The summed E-state index contributed by atoms with van der Waals surface area (Å²) >= 11 is 0. The van der Waals surface area contributed by atoms with Crippen LogP contribution in [-0.4, -0.2) is 20.3 Å². The van der Waals surface area contributed by atoms with E-state index < -0.39 is 5.91 Å². The highest BCUT2D eigenvalue weighted by Gasteiger charge is 2.41. The highest BCUT2D eigenvalue weighted by Crippen LogP contribution is 2.44. The number of methoxy groups -OCH3 is 2. The normalized spacial score (nSPS) is 29.0. The first kappa shape index (κ1) is 14.0. The van der Waals surface area contributed by atoms with Crippen LogP contribution in [0.5, 0.6) is 0 Å². The average molecular weight is 276 g/mol.